The summed E-state index contributed by atoms with van der Waals surface area (Å²) in [5, 5.41) is 9.39. The van der Waals surface area contributed by atoms with Crippen LogP contribution in [0.5, 0.6) is 0 Å². The number of anilines is 1. The van der Waals surface area contributed by atoms with Gasteiger partial charge < -0.3 is 20.1 Å². The SMILES string of the molecule is CC(C)C(CNC1CCc2cc(NC(=O)OC(C)(C)C)ccc21)NC(=O)OC(C)(C)C. The Morgan fingerprint density at radius 2 is 1.65 bits per heavy atom. The summed E-state index contributed by atoms with van der Waals surface area (Å²) in [6.45, 7) is 15.9. The van der Waals surface area contributed by atoms with Crippen LogP contribution in [0.2, 0.25) is 0 Å². The zero-order valence-corrected chi connectivity index (χ0v) is 20.2. The molecule has 3 N–H and O–H groups in total. The zero-order valence-electron chi connectivity index (χ0n) is 20.2. The number of rotatable bonds is 6. The van der Waals surface area contributed by atoms with Crippen molar-refractivity contribution in [3.05, 3.63) is 29.3 Å². The van der Waals surface area contributed by atoms with Crippen molar-refractivity contribution in [3.8, 4) is 0 Å². The molecule has 174 valence electrons. The molecule has 2 unspecified atom stereocenters. The molecule has 1 aliphatic carbocycles. The molecule has 2 atom stereocenters. The van der Waals surface area contributed by atoms with Gasteiger partial charge in [-0.2, -0.15) is 0 Å². The van der Waals surface area contributed by atoms with E-state index in [0.717, 1.165) is 18.5 Å². The van der Waals surface area contributed by atoms with Gasteiger partial charge in [0.05, 0.1) is 0 Å². The van der Waals surface area contributed by atoms with Crippen LogP contribution < -0.4 is 16.0 Å². The maximum absolute atomic E-state index is 12.2. The van der Waals surface area contributed by atoms with Gasteiger partial charge in [-0.25, -0.2) is 9.59 Å². The summed E-state index contributed by atoms with van der Waals surface area (Å²) in [6, 6.07) is 6.15. The maximum atomic E-state index is 12.2. The number of fused-ring (bicyclic) bond motifs is 1. The molecule has 0 bridgehead atoms. The molecule has 0 aromatic heterocycles. The number of benzene rings is 1. The summed E-state index contributed by atoms with van der Waals surface area (Å²) in [7, 11) is 0. The molecule has 1 aromatic carbocycles. The van der Waals surface area contributed by atoms with E-state index in [9.17, 15) is 9.59 Å². The molecular weight excluding hydrogens is 394 g/mol. The van der Waals surface area contributed by atoms with Crippen LogP contribution >= 0.6 is 0 Å². The second kappa shape index (κ2) is 9.90. The van der Waals surface area contributed by atoms with E-state index in [1.54, 1.807) is 0 Å². The lowest BCUT2D eigenvalue weighted by molar-refractivity contribution is 0.0488. The quantitative estimate of drug-likeness (QED) is 0.577. The van der Waals surface area contributed by atoms with Gasteiger partial charge in [-0.05, 0) is 83.6 Å². The van der Waals surface area contributed by atoms with E-state index < -0.39 is 23.4 Å². The van der Waals surface area contributed by atoms with Crippen LogP contribution in [0, 0.1) is 5.92 Å². The lowest BCUT2D eigenvalue weighted by Gasteiger charge is -2.27. The highest BCUT2D eigenvalue weighted by Crippen LogP contribution is 2.33. The number of alkyl carbamates (subject to hydrolysis) is 1. The molecule has 1 aromatic rings. The number of hydrogen-bond donors (Lipinski definition) is 3. The van der Waals surface area contributed by atoms with Crippen LogP contribution in [-0.2, 0) is 15.9 Å². The second-order valence-corrected chi connectivity index (χ2v) is 10.5. The van der Waals surface area contributed by atoms with Gasteiger partial charge in [0.25, 0.3) is 0 Å². The highest BCUT2D eigenvalue weighted by atomic mass is 16.6. The van der Waals surface area contributed by atoms with Gasteiger partial charge in [0.15, 0.2) is 0 Å². The topological polar surface area (TPSA) is 88.7 Å². The van der Waals surface area contributed by atoms with Gasteiger partial charge in [-0.15, -0.1) is 0 Å². The fourth-order valence-corrected chi connectivity index (χ4v) is 3.51. The highest BCUT2D eigenvalue weighted by Gasteiger charge is 2.26. The first-order valence-electron chi connectivity index (χ1n) is 11.1. The van der Waals surface area contributed by atoms with Crippen molar-refractivity contribution in [2.24, 2.45) is 5.92 Å². The molecule has 7 nitrogen and oxygen atoms in total. The van der Waals surface area contributed by atoms with Crippen molar-refractivity contribution in [2.45, 2.75) is 91.5 Å². The van der Waals surface area contributed by atoms with Crippen LogP contribution in [0.15, 0.2) is 18.2 Å². The first-order chi connectivity index (χ1) is 14.2. The normalized spacial score (nSPS) is 17.1. The number of nitrogens with one attached hydrogen (secondary N) is 3. The first kappa shape index (κ1) is 25.0. The molecule has 0 saturated carbocycles. The Morgan fingerprint density at radius 3 is 2.23 bits per heavy atom. The fraction of sp³-hybridized carbons (Fsp3) is 0.667. The van der Waals surface area contributed by atoms with Crippen LogP contribution in [0.4, 0.5) is 15.3 Å². The van der Waals surface area contributed by atoms with E-state index in [1.165, 1.54) is 11.1 Å². The molecule has 0 fully saturated rings. The van der Waals surface area contributed by atoms with Gasteiger partial charge in [0.2, 0.25) is 0 Å². The highest BCUT2D eigenvalue weighted by molar-refractivity contribution is 5.85. The minimum atomic E-state index is -0.532. The lowest BCUT2D eigenvalue weighted by atomic mass is 10.0. The monoisotopic (exact) mass is 433 g/mol. The smallest absolute Gasteiger partial charge is 0.412 e. The van der Waals surface area contributed by atoms with Crippen LogP contribution in [0.25, 0.3) is 0 Å². The Bertz CT molecular complexity index is 778. The van der Waals surface area contributed by atoms with Crippen molar-refractivity contribution in [1.82, 2.24) is 10.6 Å². The first-order valence-corrected chi connectivity index (χ1v) is 11.1. The summed E-state index contributed by atoms with van der Waals surface area (Å²) >= 11 is 0. The molecule has 31 heavy (non-hydrogen) atoms. The number of amides is 2. The Kier molecular flexibility index (Phi) is 7.98. The van der Waals surface area contributed by atoms with E-state index in [4.69, 9.17) is 9.47 Å². The fourth-order valence-electron chi connectivity index (χ4n) is 3.51. The minimum Gasteiger partial charge on any atom is -0.444 e. The van der Waals surface area contributed by atoms with E-state index >= 15 is 0 Å². The van der Waals surface area contributed by atoms with Crippen LogP contribution in [0.1, 0.15) is 79.0 Å². The Balaban J connectivity index is 1.95. The number of carbonyl (C=O) groups is 2. The van der Waals surface area contributed by atoms with Crippen LogP contribution in [0.3, 0.4) is 0 Å². The summed E-state index contributed by atoms with van der Waals surface area (Å²) in [6.07, 6.45) is 1.07. The zero-order chi connectivity index (χ0) is 23.4. The van der Waals surface area contributed by atoms with Crippen molar-refractivity contribution in [3.63, 3.8) is 0 Å². The Hall–Kier alpha value is -2.28. The Labute approximate surface area is 186 Å². The molecule has 0 heterocycles. The number of ether oxygens (including phenoxy) is 2. The van der Waals surface area contributed by atoms with Crippen LogP contribution in [-0.4, -0.2) is 36.0 Å². The largest absolute Gasteiger partial charge is 0.444 e. The molecule has 0 aliphatic heterocycles. The van der Waals surface area contributed by atoms with Crippen molar-refractivity contribution < 1.29 is 19.1 Å². The maximum Gasteiger partial charge on any atom is 0.412 e. The van der Waals surface area contributed by atoms with E-state index in [1.807, 2.05) is 53.7 Å². The van der Waals surface area contributed by atoms with Gasteiger partial charge in [0.1, 0.15) is 11.2 Å². The summed E-state index contributed by atoms with van der Waals surface area (Å²) < 4.78 is 10.7. The summed E-state index contributed by atoms with van der Waals surface area (Å²) in [5.74, 6) is 0.265. The predicted octanol–water partition coefficient (Wildman–Crippen LogP) is 5.16. The van der Waals surface area contributed by atoms with Crippen molar-refractivity contribution in [2.75, 3.05) is 11.9 Å². The molecule has 2 rings (SSSR count). The van der Waals surface area contributed by atoms with Crippen molar-refractivity contribution in [1.29, 1.82) is 0 Å². The lowest BCUT2D eigenvalue weighted by Crippen LogP contribution is -2.47. The molecule has 7 heteroatoms. The Morgan fingerprint density at radius 1 is 1.03 bits per heavy atom. The molecular formula is C24H39N3O4. The molecule has 0 saturated heterocycles. The number of carbonyl (C=O) groups excluding carboxylic acids is 2. The molecule has 2 amide bonds. The molecule has 0 radical (unpaired) electrons. The minimum absolute atomic E-state index is 0.0352. The number of aryl methyl sites for hydroxylation is 1. The van der Waals surface area contributed by atoms with E-state index in [0.29, 0.717) is 6.54 Å². The van der Waals surface area contributed by atoms with Gasteiger partial charge >= 0.3 is 12.2 Å². The molecule has 0 spiro atoms. The average molecular weight is 434 g/mol. The standard InChI is InChI=1S/C24H39N3O4/c1-15(2)20(27-22(29)31-24(6,7)8)14-25-19-12-9-16-13-17(10-11-18(16)19)26-21(28)30-23(3,4)5/h10-11,13,15,19-20,25H,9,12,14H2,1-8H3,(H,26,28)(H,27,29). The third-order valence-corrected chi connectivity index (χ3v) is 4.96. The average Bonchev–Trinajstić information content (AvgIpc) is 2.97. The predicted molar refractivity (Wildman–Crippen MR) is 123 cm³/mol. The molecule has 1 aliphatic rings. The third kappa shape index (κ3) is 8.40. The van der Waals surface area contributed by atoms with Gasteiger partial charge in [-0.3, -0.25) is 5.32 Å². The summed E-state index contributed by atoms with van der Waals surface area (Å²) in [5.41, 5.74) is 2.13. The van der Waals surface area contributed by atoms with E-state index in [-0.39, 0.29) is 18.0 Å². The van der Waals surface area contributed by atoms with E-state index in [2.05, 4.69) is 35.9 Å². The van der Waals surface area contributed by atoms with Gasteiger partial charge in [-0.1, -0.05) is 19.9 Å². The van der Waals surface area contributed by atoms with Crippen molar-refractivity contribution >= 4 is 17.9 Å². The van der Waals surface area contributed by atoms with Gasteiger partial charge in [0, 0.05) is 24.3 Å². The second-order valence-electron chi connectivity index (χ2n) is 10.5. The number of hydrogen-bond acceptors (Lipinski definition) is 5. The third-order valence-electron chi connectivity index (χ3n) is 4.96. The summed E-state index contributed by atoms with van der Waals surface area (Å²) in [4.78, 5) is 24.2.